The van der Waals surface area contributed by atoms with Gasteiger partial charge in [0.25, 0.3) is 5.91 Å². The second-order valence-corrected chi connectivity index (χ2v) is 9.55. The van der Waals surface area contributed by atoms with Gasteiger partial charge in [-0.3, -0.25) is 14.6 Å². The number of rotatable bonds is 5. The highest BCUT2D eigenvalue weighted by Crippen LogP contribution is 2.34. The third-order valence-corrected chi connectivity index (χ3v) is 6.67. The Balaban J connectivity index is 1.65. The highest BCUT2D eigenvalue weighted by atomic mass is 35.5. The summed E-state index contributed by atoms with van der Waals surface area (Å²) in [6.45, 7) is 3.88. The van der Waals surface area contributed by atoms with Crippen molar-refractivity contribution < 1.29 is 14.0 Å². The van der Waals surface area contributed by atoms with Crippen molar-refractivity contribution >= 4 is 35.1 Å². The topological polar surface area (TPSA) is 80.1 Å². The van der Waals surface area contributed by atoms with Crippen LogP contribution in [0, 0.1) is 5.82 Å². The molecule has 0 fully saturated rings. The summed E-state index contributed by atoms with van der Waals surface area (Å²) in [5.41, 5.74) is 4.51. The Morgan fingerprint density at radius 1 is 1.05 bits per heavy atom. The molecule has 1 atom stereocenters. The number of pyridine rings is 1. The van der Waals surface area contributed by atoms with E-state index >= 15 is 0 Å². The Bertz CT molecular complexity index is 1520. The maximum atomic E-state index is 13.6. The number of nitrogens with zero attached hydrogens (tertiary/aromatic N) is 4. The van der Waals surface area contributed by atoms with Crippen LogP contribution in [-0.2, 0) is 11.3 Å². The molecule has 1 N–H and O–H groups in total. The van der Waals surface area contributed by atoms with E-state index in [9.17, 15) is 14.0 Å². The van der Waals surface area contributed by atoms with E-state index in [0.717, 1.165) is 11.1 Å². The SMILES string of the molecule is CC(=O)N1C/C(=C\c2ccc(F)cc2)c2c(c(C(=O)NC(C)c3ccccn3)nn2-c2ccc(Cl)cc2)C1. The minimum absolute atomic E-state index is 0.131. The van der Waals surface area contributed by atoms with Crippen molar-refractivity contribution in [1.29, 1.82) is 0 Å². The molecular formula is C29H25ClFN5O2. The zero-order chi connectivity index (χ0) is 26.8. The molecule has 7 nitrogen and oxygen atoms in total. The fourth-order valence-corrected chi connectivity index (χ4v) is 4.60. The Hall–Kier alpha value is -4.30. The van der Waals surface area contributed by atoms with Crippen LogP contribution in [0.3, 0.4) is 0 Å². The van der Waals surface area contributed by atoms with Crippen molar-refractivity contribution in [2.45, 2.75) is 26.4 Å². The molecule has 2 aromatic carbocycles. The maximum absolute atomic E-state index is 13.6. The quantitative estimate of drug-likeness (QED) is 0.372. The predicted octanol–water partition coefficient (Wildman–Crippen LogP) is 5.45. The van der Waals surface area contributed by atoms with E-state index in [1.54, 1.807) is 40.0 Å². The van der Waals surface area contributed by atoms with Crippen LogP contribution in [0.2, 0.25) is 5.02 Å². The summed E-state index contributed by atoms with van der Waals surface area (Å²) in [4.78, 5) is 32.1. The van der Waals surface area contributed by atoms with Gasteiger partial charge in [-0.05, 0) is 72.7 Å². The fourth-order valence-electron chi connectivity index (χ4n) is 4.48. The number of carbonyl (C=O) groups excluding carboxylic acids is 2. The molecule has 9 heteroatoms. The number of hydrogen-bond acceptors (Lipinski definition) is 4. The fraction of sp³-hybridized carbons (Fsp3) is 0.172. The smallest absolute Gasteiger partial charge is 0.272 e. The number of amides is 2. The molecule has 192 valence electrons. The molecule has 0 radical (unpaired) electrons. The summed E-state index contributed by atoms with van der Waals surface area (Å²) in [6.07, 6.45) is 3.56. The lowest BCUT2D eigenvalue weighted by atomic mass is 9.97. The number of fused-ring (bicyclic) bond motifs is 1. The van der Waals surface area contributed by atoms with Crippen LogP contribution in [0.25, 0.3) is 17.3 Å². The largest absolute Gasteiger partial charge is 0.343 e. The van der Waals surface area contributed by atoms with Crippen LogP contribution in [0.4, 0.5) is 4.39 Å². The van der Waals surface area contributed by atoms with E-state index in [1.165, 1.54) is 19.1 Å². The molecule has 3 heterocycles. The molecule has 0 bridgehead atoms. The lowest BCUT2D eigenvalue weighted by molar-refractivity contribution is -0.128. The molecular weight excluding hydrogens is 505 g/mol. The standard InChI is InChI=1S/C29H25ClFN5O2/c1-18(26-5-3-4-14-32-26)33-29(38)27-25-17-35(19(2)37)16-21(15-20-6-10-23(31)11-7-20)28(25)36(34-27)24-12-8-22(30)9-13-24/h3-15,18H,16-17H2,1-2H3,(H,33,38)/b21-15+. The predicted molar refractivity (Wildman–Crippen MR) is 144 cm³/mol. The van der Waals surface area contributed by atoms with Gasteiger partial charge in [0.2, 0.25) is 5.91 Å². The summed E-state index contributed by atoms with van der Waals surface area (Å²) in [7, 11) is 0. The average molecular weight is 530 g/mol. The van der Waals surface area contributed by atoms with E-state index in [4.69, 9.17) is 16.7 Å². The Kier molecular flexibility index (Phi) is 7.07. The van der Waals surface area contributed by atoms with Gasteiger partial charge >= 0.3 is 0 Å². The highest BCUT2D eigenvalue weighted by molar-refractivity contribution is 6.30. The number of carbonyl (C=O) groups is 2. The first-order chi connectivity index (χ1) is 18.3. The average Bonchev–Trinajstić information content (AvgIpc) is 3.31. The lowest BCUT2D eigenvalue weighted by Gasteiger charge is -2.29. The zero-order valence-corrected chi connectivity index (χ0v) is 21.6. The molecule has 2 amide bonds. The summed E-state index contributed by atoms with van der Waals surface area (Å²) in [5.74, 6) is -0.846. The minimum atomic E-state index is -0.376. The number of nitrogens with one attached hydrogen (secondary N) is 1. The molecule has 0 aliphatic carbocycles. The van der Waals surface area contributed by atoms with Crippen molar-refractivity contribution in [3.05, 3.63) is 112 Å². The first-order valence-corrected chi connectivity index (χ1v) is 12.5. The van der Waals surface area contributed by atoms with Crippen LogP contribution >= 0.6 is 11.6 Å². The molecule has 0 saturated carbocycles. The van der Waals surface area contributed by atoms with E-state index in [-0.39, 0.29) is 35.9 Å². The van der Waals surface area contributed by atoms with E-state index < -0.39 is 0 Å². The monoisotopic (exact) mass is 529 g/mol. The van der Waals surface area contributed by atoms with Crippen molar-refractivity contribution in [1.82, 2.24) is 25.0 Å². The number of halogens is 2. The number of aromatic nitrogens is 3. The van der Waals surface area contributed by atoms with Gasteiger partial charge in [0.1, 0.15) is 5.82 Å². The molecule has 1 aliphatic heterocycles. The second-order valence-electron chi connectivity index (χ2n) is 9.11. The molecule has 1 unspecified atom stereocenters. The first kappa shape index (κ1) is 25.4. The normalized spacial score (nSPS) is 14.7. The van der Waals surface area contributed by atoms with Crippen LogP contribution in [0.15, 0.2) is 72.9 Å². The van der Waals surface area contributed by atoms with Gasteiger partial charge in [-0.25, -0.2) is 9.07 Å². The molecule has 0 saturated heterocycles. The summed E-state index contributed by atoms with van der Waals surface area (Å²) in [6, 6.07) is 18.4. The summed E-state index contributed by atoms with van der Waals surface area (Å²) < 4.78 is 15.3. The van der Waals surface area contributed by atoms with Gasteiger partial charge in [0.15, 0.2) is 5.69 Å². The van der Waals surface area contributed by atoms with Gasteiger partial charge in [0, 0.05) is 30.3 Å². The van der Waals surface area contributed by atoms with Gasteiger partial charge in [-0.1, -0.05) is 29.8 Å². The minimum Gasteiger partial charge on any atom is -0.343 e. The molecule has 0 spiro atoms. The Morgan fingerprint density at radius 2 is 1.79 bits per heavy atom. The van der Waals surface area contributed by atoms with Crippen LogP contribution in [0.1, 0.15) is 52.9 Å². The summed E-state index contributed by atoms with van der Waals surface area (Å²) in [5, 5.41) is 8.30. The van der Waals surface area contributed by atoms with Gasteiger partial charge in [-0.15, -0.1) is 0 Å². The van der Waals surface area contributed by atoms with Crippen LogP contribution in [-0.4, -0.2) is 38.0 Å². The maximum Gasteiger partial charge on any atom is 0.272 e. The van der Waals surface area contributed by atoms with Gasteiger partial charge < -0.3 is 10.2 Å². The number of benzene rings is 2. The van der Waals surface area contributed by atoms with Gasteiger partial charge in [-0.2, -0.15) is 5.10 Å². The molecule has 1 aliphatic rings. The summed E-state index contributed by atoms with van der Waals surface area (Å²) >= 11 is 6.13. The second kappa shape index (κ2) is 10.6. The number of hydrogen-bond donors (Lipinski definition) is 1. The molecule has 4 aromatic rings. The zero-order valence-electron chi connectivity index (χ0n) is 20.9. The third-order valence-electron chi connectivity index (χ3n) is 6.42. The molecule has 2 aromatic heterocycles. The van der Waals surface area contributed by atoms with Crippen LogP contribution in [0.5, 0.6) is 0 Å². The van der Waals surface area contributed by atoms with E-state index in [2.05, 4.69) is 10.3 Å². The third kappa shape index (κ3) is 5.21. The van der Waals surface area contributed by atoms with Gasteiger partial charge in [0.05, 0.1) is 29.7 Å². The van der Waals surface area contributed by atoms with E-state index in [0.29, 0.717) is 34.2 Å². The Labute approximate surface area is 224 Å². The van der Waals surface area contributed by atoms with Crippen molar-refractivity contribution in [2.24, 2.45) is 0 Å². The first-order valence-electron chi connectivity index (χ1n) is 12.1. The highest BCUT2D eigenvalue weighted by Gasteiger charge is 2.33. The van der Waals surface area contributed by atoms with Crippen molar-refractivity contribution in [3.63, 3.8) is 0 Å². The van der Waals surface area contributed by atoms with E-state index in [1.807, 2.05) is 43.3 Å². The molecule has 38 heavy (non-hydrogen) atoms. The van der Waals surface area contributed by atoms with Crippen molar-refractivity contribution in [3.8, 4) is 5.69 Å². The molecule has 5 rings (SSSR count). The lowest BCUT2D eigenvalue weighted by Crippen LogP contribution is -2.35. The van der Waals surface area contributed by atoms with Crippen molar-refractivity contribution in [2.75, 3.05) is 6.54 Å². The van der Waals surface area contributed by atoms with Crippen LogP contribution < -0.4 is 5.32 Å². The Morgan fingerprint density at radius 3 is 2.45 bits per heavy atom.